The van der Waals surface area contributed by atoms with Crippen molar-refractivity contribution >= 4 is 40.8 Å². The van der Waals surface area contributed by atoms with Crippen molar-refractivity contribution in [2.45, 2.75) is 32.4 Å². The second-order valence-electron chi connectivity index (χ2n) is 9.14. The van der Waals surface area contributed by atoms with E-state index in [1.807, 2.05) is 41.7 Å². The summed E-state index contributed by atoms with van der Waals surface area (Å²) in [4.78, 5) is 12.6. The SMILES string of the molecule is COSN(C)c1cccc(C2C=C(c3nc(C)oc3-c3cccnc3Cl)C(n3cc(C(F)(F)F)nc3C)=CC2)c1. The van der Waals surface area contributed by atoms with Gasteiger partial charge in [0.15, 0.2) is 17.3 Å². The van der Waals surface area contributed by atoms with Gasteiger partial charge in [0.2, 0.25) is 0 Å². The molecule has 12 heteroatoms. The van der Waals surface area contributed by atoms with Gasteiger partial charge in [0.05, 0.1) is 18.4 Å². The predicted octanol–water partition coefficient (Wildman–Crippen LogP) is 7.98. The van der Waals surface area contributed by atoms with Gasteiger partial charge in [0, 0.05) is 43.5 Å². The number of benzene rings is 1. The average Bonchev–Trinajstić information content (AvgIpc) is 3.51. The molecule has 3 aromatic heterocycles. The van der Waals surface area contributed by atoms with Gasteiger partial charge in [-0.25, -0.2) is 15.0 Å². The van der Waals surface area contributed by atoms with Crippen molar-refractivity contribution in [2.24, 2.45) is 0 Å². The fraction of sp³-hybridized carbons (Fsp3) is 0.250. The van der Waals surface area contributed by atoms with Crippen LogP contribution in [-0.2, 0) is 10.4 Å². The summed E-state index contributed by atoms with van der Waals surface area (Å²) in [5, 5.41) is 0.225. The molecular formula is C28H25ClF3N5O2S. The number of alkyl halides is 3. The lowest BCUT2D eigenvalue weighted by Crippen LogP contribution is -2.11. The van der Waals surface area contributed by atoms with Gasteiger partial charge in [-0.2, -0.15) is 13.2 Å². The van der Waals surface area contributed by atoms with E-state index in [9.17, 15) is 13.2 Å². The second-order valence-corrected chi connectivity index (χ2v) is 10.5. The number of oxazole rings is 1. The van der Waals surface area contributed by atoms with Crippen molar-refractivity contribution in [2.75, 3.05) is 18.5 Å². The van der Waals surface area contributed by atoms with Crippen molar-refractivity contribution < 1.29 is 21.8 Å². The number of halogens is 4. The number of pyridine rings is 1. The smallest absolute Gasteiger partial charge is 0.434 e. The highest BCUT2D eigenvalue weighted by Gasteiger charge is 2.36. The van der Waals surface area contributed by atoms with Gasteiger partial charge < -0.3 is 13.2 Å². The summed E-state index contributed by atoms with van der Waals surface area (Å²) >= 11 is 7.63. The van der Waals surface area contributed by atoms with Gasteiger partial charge in [-0.3, -0.25) is 4.31 Å². The number of hydrogen-bond acceptors (Lipinski definition) is 7. The van der Waals surface area contributed by atoms with Crippen molar-refractivity contribution in [3.8, 4) is 11.3 Å². The zero-order chi connectivity index (χ0) is 28.6. The molecule has 0 bridgehead atoms. The average molecular weight is 588 g/mol. The van der Waals surface area contributed by atoms with Gasteiger partial charge in [0.25, 0.3) is 0 Å². The summed E-state index contributed by atoms with van der Waals surface area (Å²) < 4.78 is 55.2. The Hall–Kier alpha value is -3.54. The minimum atomic E-state index is -4.58. The maximum Gasteiger partial charge on any atom is 0.434 e. The van der Waals surface area contributed by atoms with Crippen molar-refractivity contribution in [3.05, 3.63) is 94.8 Å². The molecule has 7 nitrogen and oxygen atoms in total. The molecular weight excluding hydrogens is 563 g/mol. The van der Waals surface area contributed by atoms with Gasteiger partial charge in [-0.1, -0.05) is 35.9 Å². The molecule has 1 unspecified atom stereocenters. The van der Waals surface area contributed by atoms with Gasteiger partial charge in [-0.15, -0.1) is 0 Å². The zero-order valence-electron chi connectivity index (χ0n) is 22.0. The highest BCUT2D eigenvalue weighted by molar-refractivity contribution is 7.96. The molecule has 1 aliphatic rings. The number of anilines is 1. The fourth-order valence-electron chi connectivity index (χ4n) is 4.67. The summed E-state index contributed by atoms with van der Waals surface area (Å²) in [5.74, 6) is 0.863. The van der Waals surface area contributed by atoms with E-state index in [1.54, 1.807) is 39.3 Å². The minimum Gasteiger partial charge on any atom is -0.440 e. The summed E-state index contributed by atoms with van der Waals surface area (Å²) in [6, 6.07) is 11.5. The Morgan fingerprint density at radius 1 is 1.18 bits per heavy atom. The van der Waals surface area contributed by atoms with Gasteiger partial charge in [0.1, 0.15) is 28.9 Å². The van der Waals surface area contributed by atoms with Crippen LogP contribution in [0, 0.1) is 13.8 Å². The first-order valence-corrected chi connectivity index (χ1v) is 13.3. The molecule has 3 heterocycles. The minimum absolute atomic E-state index is 0.0974. The van der Waals surface area contributed by atoms with Crippen LogP contribution < -0.4 is 4.31 Å². The van der Waals surface area contributed by atoms with Crippen LogP contribution in [0.5, 0.6) is 0 Å². The molecule has 0 radical (unpaired) electrons. The second kappa shape index (κ2) is 11.1. The number of nitrogens with zero attached hydrogens (tertiary/aromatic N) is 5. The van der Waals surface area contributed by atoms with E-state index < -0.39 is 11.9 Å². The maximum absolute atomic E-state index is 13.6. The normalized spacial score (nSPS) is 15.7. The number of rotatable bonds is 7. The van der Waals surface area contributed by atoms with Gasteiger partial charge in [-0.05, 0) is 43.2 Å². The van der Waals surface area contributed by atoms with Crippen LogP contribution in [0.3, 0.4) is 0 Å². The molecule has 0 saturated heterocycles. The zero-order valence-corrected chi connectivity index (χ0v) is 23.6. The molecule has 0 amide bonds. The van der Waals surface area contributed by atoms with Crippen LogP contribution in [0.4, 0.5) is 18.9 Å². The van der Waals surface area contributed by atoms with E-state index in [0.717, 1.165) is 17.4 Å². The lowest BCUT2D eigenvalue weighted by atomic mass is 9.86. The molecule has 0 aliphatic heterocycles. The maximum atomic E-state index is 13.6. The first-order chi connectivity index (χ1) is 19.1. The molecule has 0 fully saturated rings. The molecule has 0 N–H and O–H groups in total. The third kappa shape index (κ3) is 5.54. The van der Waals surface area contributed by atoms with Crippen LogP contribution in [0.15, 0.2) is 65.4 Å². The molecule has 4 aromatic rings. The number of aromatic nitrogens is 4. The number of imidazole rings is 1. The Morgan fingerprint density at radius 3 is 2.67 bits per heavy atom. The molecule has 208 valence electrons. The number of aryl methyl sites for hydroxylation is 2. The third-order valence-corrected chi connectivity index (χ3v) is 7.37. The quantitative estimate of drug-likeness (QED) is 0.123. The lowest BCUT2D eigenvalue weighted by Gasteiger charge is -2.24. The summed E-state index contributed by atoms with van der Waals surface area (Å²) in [6.45, 7) is 3.25. The van der Waals surface area contributed by atoms with E-state index in [1.165, 1.54) is 16.8 Å². The Labute approximate surface area is 238 Å². The summed E-state index contributed by atoms with van der Waals surface area (Å²) in [7, 11) is 3.50. The Bertz CT molecular complexity index is 1610. The Balaban J connectivity index is 1.67. The largest absolute Gasteiger partial charge is 0.440 e. The van der Waals surface area contributed by atoms with Crippen LogP contribution in [0.2, 0.25) is 5.15 Å². The first-order valence-electron chi connectivity index (χ1n) is 12.3. The Morgan fingerprint density at radius 2 is 1.98 bits per heavy atom. The van der Waals surface area contributed by atoms with E-state index >= 15 is 0 Å². The molecule has 0 spiro atoms. The summed E-state index contributed by atoms with van der Waals surface area (Å²) in [5.41, 5.74) is 3.10. The number of hydrogen-bond donors (Lipinski definition) is 0. The van der Waals surface area contributed by atoms with E-state index in [4.69, 9.17) is 20.2 Å². The van der Waals surface area contributed by atoms with Crippen molar-refractivity contribution in [1.29, 1.82) is 0 Å². The predicted molar refractivity (Wildman–Crippen MR) is 150 cm³/mol. The van der Waals surface area contributed by atoms with Crippen LogP contribution in [-0.4, -0.2) is 33.7 Å². The molecule has 1 atom stereocenters. The van der Waals surface area contributed by atoms with Gasteiger partial charge >= 0.3 is 6.18 Å². The first kappa shape index (κ1) is 28.0. The lowest BCUT2D eigenvalue weighted by molar-refractivity contribution is -0.141. The fourth-order valence-corrected chi connectivity index (χ4v) is 5.30. The molecule has 40 heavy (non-hydrogen) atoms. The molecule has 1 aromatic carbocycles. The highest BCUT2D eigenvalue weighted by Crippen LogP contribution is 2.43. The van der Waals surface area contributed by atoms with Crippen LogP contribution >= 0.6 is 23.8 Å². The Kier molecular flexibility index (Phi) is 7.80. The summed E-state index contributed by atoms with van der Waals surface area (Å²) in [6.07, 6.45) is 2.46. The standard InChI is InChI=1S/C28H25ClF3N5O2S/c1-16-34-24(28(30,31)32)15-37(16)23-11-10-19(18-7-5-8-20(13-18)36(3)40-38-4)14-22(23)25-26(39-17(2)35-25)21-9-6-12-33-27(21)29/h5-9,11-15,19H,10H2,1-4H3. The molecule has 5 rings (SSSR count). The monoisotopic (exact) mass is 587 g/mol. The van der Waals surface area contributed by atoms with Crippen LogP contribution in [0.25, 0.3) is 22.6 Å². The van der Waals surface area contributed by atoms with Crippen molar-refractivity contribution in [3.63, 3.8) is 0 Å². The molecule has 1 aliphatic carbocycles. The van der Waals surface area contributed by atoms with Crippen LogP contribution in [0.1, 0.15) is 41.0 Å². The van der Waals surface area contributed by atoms with E-state index in [-0.39, 0.29) is 16.9 Å². The highest BCUT2D eigenvalue weighted by atomic mass is 35.5. The third-order valence-electron chi connectivity index (χ3n) is 6.48. The van der Waals surface area contributed by atoms with Crippen molar-refractivity contribution in [1.82, 2.24) is 19.5 Å². The van der Waals surface area contributed by atoms with E-state index in [2.05, 4.69) is 21.0 Å². The molecule has 0 saturated carbocycles. The van der Waals surface area contributed by atoms with E-state index in [0.29, 0.717) is 40.6 Å². The number of allylic oxidation sites excluding steroid dienone is 4. The topological polar surface area (TPSA) is 69.2 Å².